The van der Waals surface area contributed by atoms with E-state index in [0.29, 0.717) is 17.8 Å². The van der Waals surface area contributed by atoms with Gasteiger partial charge in [0.25, 0.3) is 5.78 Å². The summed E-state index contributed by atoms with van der Waals surface area (Å²) in [6.45, 7) is 5.86. The van der Waals surface area contributed by atoms with Gasteiger partial charge in [0.2, 0.25) is 0 Å². The van der Waals surface area contributed by atoms with Crippen molar-refractivity contribution in [3.63, 3.8) is 0 Å². The Kier molecular flexibility index (Phi) is 4.11. The molecule has 2 aliphatic heterocycles. The van der Waals surface area contributed by atoms with E-state index in [4.69, 9.17) is 4.74 Å². The number of fused-ring (bicyclic) bond motifs is 1. The summed E-state index contributed by atoms with van der Waals surface area (Å²) in [6, 6.07) is 6.08. The van der Waals surface area contributed by atoms with Crippen LogP contribution in [0.5, 0.6) is 0 Å². The van der Waals surface area contributed by atoms with Gasteiger partial charge in [-0.25, -0.2) is 9.37 Å². The zero-order valence-electron chi connectivity index (χ0n) is 16.6. The van der Waals surface area contributed by atoms with Crippen LogP contribution < -0.4 is 4.90 Å². The molecule has 0 aliphatic carbocycles. The predicted octanol–water partition coefficient (Wildman–Crippen LogP) is 2.53. The molecule has 2 aliphatic rings. The fourth-order valence-corrected chi connectivity index (χ4v) is 4.69. The smallest absolute Gasteiger partial charge is 0.254 e. The number of aromatic nitrogens is 4. The second-order valence-corrected chi connectivity index (χ2v) is 8.29. The summed E-state index contributed by atoms with van der Waals surface area (Å²) >= 11 is 0. The lowest BCUT2D eigenvalue weighted by Gasteiger charge is -2.40. The summed E-state index contributed by atoms with van der Waals surface area (Å²) in [6.07, 6.45) is 3.65. The number of piperidine rings is 1. The molecule has 5 rings (SSSR count). The zero-order chi connectivity index (χ0) is 20.2. The maximum absolute atomic E-state index is 13.3. The van der Waals surface area contributed by atoms with E-state index >= 15 is 0 Å². The largest absolute Gasteiger partial charge is 0.383 e. The molecule has 152 valence electrons. The van der Waals surface area contributed by atoms with E-state index < -0.39 is 5.60 Å². The monoisotopic (exact) mass is 397 g/mol. The third kappa shape index (κ3) is 2.98. The lowest BCUT2D eigenvalue weighted by atomic mass is 9.80. The highest BCUT2D eigenvalue weighted by atomic mass is 19.1. The van der Waals surface area contributed by atoms with Crippen LogP contribution in [0.3, 0.4) is 0 Å². The van der Waals surface area contributed by atoms with Gasteiger partial charge in [-0.15, -0.1) is 0 Å². The molecule has 0 bridgehead atoms. The number of rotatable bonds is 2. The topological polar surface area (TPSA) is 75.8 Å². The summed E-state index contributed by atoms with van der Waals surface area (Å²) in [5.74, 6) is 1.32. The molecule has 8 heteroatoms. The van der Waals surface area contributed by atoms with Gasteiger partial charge < -0.3 is 14.7 Å². The first-order chi connectivity index (χ1) is 13.9. The van der Waals surface area contributed by atoms with Gasteiger partial charge in [0, 0.05) is 30.8 Å². The first-order valence-corrected chi connectivity index (χ1v) is 9.94. The van der Waals surface area contributed by atoms with E-state index in [9.17, 15) is 9.50 Å². The Morgan fingerprint density at radius 1 is 1.14 bits per heavy atom. The molecule has 0 radical (unpaired) electrons. The van der Waals surface area contributed by atoms with E-state index in [0.717, 1.165) is 43.0 Å². The Balaban J connectivity index is 1.37. The molecule has 2 saturated heterocycles. The Morgan fingerprint density at radius 3 is 2.59 bits per heavy atom. The molecule has 2 aromatic heterocycles. The molecule has 4 heterocycles. The van der Waals surface area contributed by atoms with Gasteiger partial charge in [0.1, 0.15) is 23.6 Å². The average Bonchev–Trinajstić information content (AvgIpc) is 3.30. The number of aryl methyl sites for hydroxylation is 1. The minimum atomic E-state index is -1.07. The van der Waals surface area contributed by atoms with Crippen LogP contribution in [0.15, 0.2) is 30.6 Å². The van der Waals surface area contributed by atoms with Gasteiger partial charge in [0.15, 0.2) is 0 Å². The van der Waals surface area contributed by atoms with Gasteiger partial charge in [-0.05, 0) is 44.4 Å². The average molecular weight is 397 g/mol. The molecule has 7 nitrogen and oxygen atoms in total. The third-order valence-corrected chi connectivity index (χ3v) is 6.46. The fraction of sp³-hybridized carbons (Fsp3) is 0.476. The second kappa shape index (κ2) is 6.47. The van der Waals surface area contributed by atoms with Crippen LogP contribution in [0, 0.1) is 19.7 Å². The van der Waals surface area contributed by atoms with E-state index in [1.54, 1.807) is 16.6 Å². The molecule has 0 saturated carbocycles. The maximum Gasteiger partial charge on any atom is 0.254 e. The molecule has 29 heavy (non-hydrogen) atoms. The minimum absolute atomic E-state index is 0.235. The minimum Gasteiger partial charge on any atom is -0.383 e. The number of nitrogens with zero attached hydrogens (tertiary/aromatic N) is 5. The number of halogens is 1. The summed E-state index contributed by atoms with van der Waals surface area (Å²) in [7, 11) is 0. The van der Waals surface area contributed by atoms with Crippen molar-refractivity contribution >= 4 is 11.6 Å². The van der Waals surface area contributed by atoms with Gasteiger partial charge >= 0.3 is 0 Å². The van der Waals surface area contributed by atoms with Crippen molar-refractivity contribution in [3.05, 3.63) is 53.2 Å². The highest BCUT2D eigenvalue weighted by molar-refractivity contribution is 5.54. The Hall–Kier alpha value is -2.58. The number of hydrogen-bond donors (Lipinski definition) is 1. The van der Waals surface area contributed by atoms with E-state index in [1.165, 1.54) is 18.5 Å². The molecule has 3 aromatic rings. The highest BCUT2D eigenvalue weighted by Gasteiger charge is 2.50. The molecule has 2 fully saturated rings. The SMILES string of the molecule is Cc1nc2ncnn2c(N2CCC3(CC2)C[C@](O)(c2ccc(F)cc2)CO3)c1C. The van der Waals surface area contributed by atoms with Gasteiger partial charge in [-0.1, -0.05) is 12.1 Å². The van der Waals surface area contributed by atoms with Crippen LogP contribution in [0.25, 0.3) is 5.78 Å². The lowest BCUT2D eigenvalue weighted by molar-refractivity contribution is -0.0242. The Bertz CT molecular complexity index is 1060. The third-order valence-electron chi connectivity index (χ3n) is 6.46. The van der Waals surface area contributed by atoms with Crippen molar-refractivity contribution in [1.82, 2.24) is 19.6 Å². The van der Waals surface area contributed by atoms with Crippen LogP contribution in [-0.4, -0.2) is 50.0 Å². The van der Waals surface area contributed by atoms with E-state index in [2.05, 4.69) is 26.9 Å². The van der Waals surface area contributed by atoms with E-state index in [-0.39, 0.29) is 18.0 Å². The molecule has 1 spiro atoms. The zero-order valence-corrected chi connectivity index (χ0v) is 16.6. The highest BCUT2D eigenvalue weighted by Crippen LogP contribution is 2.46. The van der Waals surface area contributed by atoms with Crippen molar-refractivity contribution in [2.45, 2.75) is 44.3 Å². The number of ether oxygens (including phenoxy) is 1. The van der Waals surface area contributed by atoms with Crippen LogP contribution in [-0.2, 0) is 10.3 Å². The first-order valence-electron chi connectivity index (χ1n) is 9.94. The maximum atomic E-state index is 13.3. The molecule has 1 atom stereocenters. The standard InChI is InChI=1S/C21H24FN5O2/c1-14-15(2)25-19-23-13-24-27(19)18(14)26-9-7-20(8-10-26)11-21(28,12-29-20)16-3-5-17(22)6-4-16/h3-6,13,28H,7-12H2,1-2H3/t21-/m1/s1. The van der Waals surface area contributed by atoms with Crippen LogP contribution in [0.4, 0.5) is 10.2 Å². The van der Waals surface area contributed by atoms with Crippen molar-refractivity contribution < 1.29 is 14.2 Å². The predicted molar refractivity (Wildman–Crippen MR) is 105 cm³/mol. The second-order valence-electron chi connectivity index (χ2n) is 8.29. The van der Waals surface area contributed by atoms with Crippen molar-refractivity contribution in [2.75, 3.05) is 24.6 Å². The number of hydrogen-bond acceptors (Lipinski definition) is 6. The summed E-state index contributed by atoms with van der Waals surface area (Å²) in [5.41, 5.74) is 1.32. The van der Waals surface area contributed by atoms with Crippen LogP contribution >= 0.6 is 0 Å². The van der Waals surface area contributed by atoms with Gasteiger partial charge in [-0.3, -0.25) is 0 Å². The lowest BCUT2D eigenvalue weighted by Crippen LogP contribution is -2.45. The quantitative estimate of drug-likeness (QED) is 0.716. The van der Waals surface area contributed by atoms with Crippen LogP contribution in [0.1, 0.15) is 36.1 Å². The number of aliphatic hydroxyl groups is 1. The Labute approximate surface area is 168 Å². The molecular formula is C21H24FN5O2. The van der Waals surface area contributed by atoms with Crippen molar-refractivity contribution in [2.24, 2.45) is 0 Å². The van der Waals surface area contributed by atoms with Gasteiger partial charge in [0.05, 0.1) is 12.2 Å². The Morgan fingerprint density at radius 2 is 1.86 bits per heavy atom. The fourth-order valence-electron chi connectivity index (χ4n) is 4.69. The summed E-state index contributed by atoms with van der Waals surface area (Å²) < 4.78 is 21.2. The van der Waals surface area contributed by atoms with E-state index in [1.807, 2.05) is 6.92 Å². The van der Waals surface area contributed by atoms with Crippen molar-refractivity contribution in [3.8, 4) is 0 Å². The molecule has 1 N–H and O–H groups in total. The normalized spacial score (nSPS) is 23.9. The molecular weight excluding hydrogens is 373 g/mol. The molecule has 0 unspecified atom stereocenters. The molecule has 1 aromatic carbocycles. The number of anilines is 1. The van der Waals surface area contributed by atoms with Crippen LogP contribution in [0.2, 0.25) is 0 Å². The number of benzene rings is 1. The summed E-state index contributed by atoms with van der Waals surface area (Å²) in [5, 5.41) is 15.5. The molecule has 0 amide bonds. The van der Waals surface area contributed by atoms with Crippen molar-refractivity contribution in [1.29, 1.82) is 0 Å². The summed E-state index contributed by atoms with van der Waals surface area (Å²) in [4.78, 5) is 11.0. The van der Waals surface area contributed by atoms with Gasteiger partial charge in [-0.2, -0.15) is 14.6 Å². The first kappa shape index (κ1) is 18.4.